The Balaban J connectivity index is 1.63. The molecule has 0 saturated carbocycles. The summed E-state index contributed by atoms with van der Waals surface area (Å²) in [5, 5.41) is 11.8. The Morgan fingerprint density at radius 2 is 1.71 bits per heavy atom. The van der Waals surface area contributed by atoms with Gasteiger partial charge < -0.3 is 15.2 Å². The van der Waals surface area contributed by atoms with Crippen LogP contribution in [-0.2, 0) is 9.53 Å². The smallest absolute Gasteiger partial charge is 0.407 e. The van der Waals surface area contributed by atoms with Gasteiger partial charge in [-0.25, -0.2) is 4.79 Å². The highest BCUT2D eigenvalue weighted by molar-refractivity contribution is 7.99. The van der Waals surface area contributed by atoms with Crippen molar-refractivity contribution >= 4 is 23.8 Å². The summed E-state index contributed by atoms with van der Waals surface area (Å²) in [5.74, 6) is 0.555. The molecule has 0 radical (unpaired) electrons. The summed E-state index contributed by atoms with van der Waals surface area (Å²) in [6.45, 7) is 2.29. The molecule has 0 spiro atoms. The van der Waals surface area contributed by atoms with E-state index >= 15 is 0 Å². The second kappa shape index (κ2) is 9.64. The van der Waals surface area contributed by atoms with Crippen LogP contribution < -0.4 is 5.32 Å². The van der Waals surface area contributed by atoms with Crippen LogP contribution in [-0.4, -0.2) is 41.3 Å². The molecule has 0 aliphatic heterocycles. The molecule has 1 unspecified atom stereocenters. The van der Waals surface area contributed by atoms with Gasteiger partial charge in [-0.1, -0.05) is 55.5 Å². The Morgan fingerprint density at radius 1 is 1.11 bits per heavy atom. The van der Waals surface area contributed by atoms with Gasteiger partial charge in [0.15, 0.2) is 0 Å². The van der Waals surface area contributed by atoms with E-state index < -0.39 is 18.1 Å². The summed E-state index contributed by atoms with van der Waals surface area (Å²) >= 11 is 1.64. The van der Waals surface area contributed by atoms with Gasteiger partial charge in [-0.05, 0) is 34.4 Å². The molecule has 3 rings (SSSR count). The molecule has 2 aromatic carbocycles. The third-order valence-electron chi connectivity index (χ3n) is 4.75. The van der Waals surface area contributed by atoms with Crippen LogP contribution in [0.5, 0.6) is 0 Å². The van der Waals surface area contributed by atoms with Crippen molar-refractivity contribution in [3.63, 3.8) is 0 Å². The van der Waals surface area contributed by atoms with Gasteiger partial charge in [-0.15, -0.1) is 0 Å². The van der Waals surface area contributed by atoms with E-state index in [1.54, 1.807) is 11.8 Å². The highest BCUT2D eigenvalue weighted by atomic mass is 32.2. The van der Waals surface area contributed by atoms with Gasteiger partial charge in [-0.2, -0.15) is 11.8 Å². The fourth-order valence-corrected chi connectivity index (χ4v) is 4.48. The van der Waals surface area contributed by atoms with Crippen molar-refractivity contribution in [2.45, 2.75) is 31.7 Å². The Labute approximate surface area is 169 Å². The molecule has 148 valence electrons. The maximum Gasteiger partial charge on any atom is 0.407 e. The zero-order chi connectivity index (χ0) is 19.9. The number of thioether (sulfide) groups is 1. The molecule has 2 N–H and O–H groups in total. The maximum absolute atomic E-state index is 12.3. The second-order valence-corrected chi connectivity index (χ2v) is 7.99. The van der Waals surface area contributed by atoms with Gasteiger partial charge in [0, 0.05) is 11.7 Å². The minimum Gasteiger partial charge on any atom is -0.481 e. The van der Waals surface area contributed by atoms with E-state index in [-0.39, 0.29) is 18.9 Å². The van der Waals surface area contributed by atoms with E-state index in [9.17, 15) is 9.59 Å². The molecule has 0 bridgehead atoms. The number of ether oxygens (including phenoxy) is 1. The number of hydrogen-bond acceptors (Lipinski definition) is 4. The number of hydrogen-bond donors (Lipinski definition) is 2. The SMILES string of the molecule is CCCSCC(CC(=O)O)NC(=O)OCC1c2ccccc2-c2ccccc21. The maximum atomic E-state index is 12.3. The summed E-state index contributed by atoms with van der Waals surface area (Å²) in [5.41, 5.74) is 4.65. The molecular formula is C22H25NO4S. The van der Waals surface area contributed by atoms with E-state index in [1.165, 1.54) is 11.1 Å². The van der Waals surface area contributed by atoms with Crippen molar-refractivity contribution < 1.29 is 19.4 Å². The molecule has 0 aromatic heterocycles. The standard InChI is InChI=1S/C22H25NO4S/c1-2-11-28-14-15(12-21(24)25)23-22(26)27-13-20-18-9-5-3-7-16(18)17-8-4-6-10-19(17)20/h3-10,15,20H,2,11-14H2,1H3,(H,23,26)(H,24,25). The fraction of sp³-hybridized carbons (Fsp3) is 0.364. The lowest BCUT2D eigenvalue weighted by Crippen LogP contribution is -2.39. The number of fused-ring (bicyclic) bond motifs is 3. The molecule has 1 aliphatic rings. The Kier molecular flexibility index (Phi) is 6.98. The quantitative estimate of drug-likeness (QED) is 0.607. The number of carbonyl (C=O) groups excluding carboxylic acids is 1. The normalized spacial score (nSPS) is 13.5. The Hall–Kier alpha value is -2.47. The third kappa shape index (κ3) is 4.87. The first-order chi connectivity index (χ1) is 13.6. The average molecular weight is 400 g/mol. The molecule has 1 atom stereocenters. The number of carboxylic acid groups (broad SMARTS) is 1. The fourth-order valence-electron chi connectivity index (χ4n) is 3.54. The molecule has 28 heavy (non-hydrogen) atoms. The molecular weight excluding hydrogens is 374 g/mol. The van der Waals surface area contributed by atoms with Crippen molar-refractivity contribution in [2.24, 2.45) is 0 Å². The lowest BCUT2D eigenvalue weighted by atomic mass is 9.98. The van der Waals surface area contributed by atoms with Crippen LogP contribution in [0.25, 0.3) is 11.1 Å². The number of alkyl carbamates (subject to hydrolysis) is 1. The molecule has 1 aliphatic carbocycles. The molecule has 0 fully saturated rings. The number of amides is 1. The van der Waals surface area contributed by atoms with Crippen LogP contribution in [0.15, 0.2) is 48.5 Å². The van der Waals surface area contributed by atoms with Gasteiger partial charge >= 0.3 is 12.1 Å². The average Bonchev–Trinajstić information content (AvgIpc) is 3.00. The Bertz CT molecular complexity index is 793. The van der Waals surface area contributed by atoms with Gasteiger partial charge in [0.2, 0.25) is 0 Å². The first kappa shape index (κ1) is 20.3. The lowest BCUT2D eigenvalue weighted by Gasteiger charge is -2.18. The number of carboxylic acids is 1. The zero-order valence-electron chi connectivity index (χ0n) is 15.9. The Morgan fingerprint density at radius 3 is 2.29 bits per heavy atom. The van der Waals surface area contributed by atoms with E-state index in [0.717, 1.165) is 23.3 Å². The van der Waals surface area contributed by atoms with Crippen molar-refractivity contribution in [3.8, 4) is 11.1 Å². The predicted octanol–water partition coefficient (Wildman–Crippen LogP) is 4.51. The number of carbonyl (C=O) groups is 2. The van der Waals surface area contributed by atoms with Crippen LogP contribution in [0.2, 0.25) is 0 Å². The summed E-state index contributed by atoms with van der Waals surface area (Å²) in [6.07, 6.45) is 0.334. The van der Waals surface area contributed by atoms with Crippen LogP contribution in [0.1, 0.15) is 36.8 Å². The van der Waals surface area contributed by atoms with Crippen molar-refractivity contribution in [1.82, 2.24) is 5.32 Å². The number of rotatable bonds is 9. The van der Waals surface area contributed by atoms with E-state index in [4.69, 9.17) is 9.84 Å². The monoisotopic (exact) mass is 399 g/mol. The number of benzene rings is 2. The molecule has 0 heterocycles. The highest BCUT2D eigenvalue weighted by Gasteiger charge is 2.29. The largest absolute Gasteiger partial charge is 0.481 e. The van der Waals surface area contributed by atoms with Gasteiger partial charge in [-0.3, -0.25) is 4.79 Å². The molecule has 2 aromatic rings. The second-order valence-electron chi connectivity index (χ2n) is 6.84. The first-order valence-corrected chi connectivity index (χ1v) is 10.7. The van der Waals surface area contributed by atoms with E-state index in [2.05, 4.69) is 36.5 Å². The van der Waals surface area contributed by atoms with Gasteiger partial charge in [0.25, 0.3) is 0 Å². The minimum absolute atomic E-state index is 0.00876. The van der Waals surface area contributed by atoms with Crippen molar-refractivity contribution in [2.75, 3.05) is 18.1 Å². The van der Waals surface area contributed by atoms with Crippen molar-refractivity contribution in [1.29, 1.82) is 0 Å². The zero-order valence-corrected chi connectivity index (χ0v) is 16.7. The van der Waals surface area contributed by atoms with E-state index in [1.807, 2.05) is 24.3 Å². The predicted molar refractivity (Wildman–Crippen MR) is 112 cm³/mol. The first-order valence-electron chi connectivity index (χ1n) is 9.51. The van der Waals surface area contributed by atoms with Crippen LogP contribution in [0.3, 0.4) is 0 Å². The van der Waals surface area contributed by atoms with Crippen molar-refractivity contribution in [3.05, 3.63) is 59.7 Å². The molecule has 1 amide bonds. The number of nitrogens with one attached hydrogen (secondary N) is 1. The highest BCUT2D eigenvalue weighted by Crippen LogP contribution is 2.44. The molecule has 0 saturated heterocycles. The summed E-state index contributed by atoms with van der Waals surface area (Å²) < 4.78 is 5.51. The molecule has 6 heteroatoms. The number of aliphatic carboxylic acids is 1. The molecule has 5 nitrogen and oxygen atoms in total. The van der Waals surface area contributed by atoms with Crippen LogP contribution in [0.4, 0.5) is 4.79 Å². The minimum atomic E-state index is -0.930. The van der Waals surface area contributed by atoms with Gasteiger partial charge in [0.1, 0.15) is 6.61 Å². The third-order valence-corrected chi connectivity index (χ3v) is 6.09. The summed E-state index contributed by atoms with van der Waals surface area (Å²) in [4.78, 5) is 23.4. The van der Waals surface area contributed by atoms with Crippen LogP contribution in [0, 0.1) is 0 Å². The van der Waals surface area contributed by atoms with Crippen LogP contribution >= 0.6 is 11.8 Å². The summed E-state index contributed by atoms with van der Waals surface area (Å²) in [7, 11) is 0. The van der Waals surface area contributed by atoms with E-state index in [0.29, 0.717) is 5.75 Å². The van der Waals surface area contributed by atoms with Gasteiger partial charge in [0.05, 0.1) is 12.5 Å². The summed E-state index contributed by atoms with van der Waals surface area (Å²) in [6, 6.07) is 15.9. The topological polar surface area (TPSA) is 75.6 Å². The lowest BCUT2D eigenvalue weighted by molar-refractivity contribution is -0.137.